The summed E-state index contributed by atoms with van der Waals surface area (Å²) >= 11 is 12.1. The average molecular weight is 305 g/mol. The molecule has 0 saturated carbocycles. The van der Waals surface area contributed by atoms with Gasteiger partial charge in [-0.1, -0.05) is 29.3 Å². The molecular formula is C13H18Cl2N2O2. The van der Waals surface area contributed by atoms with Gasteiger partial charge in [0.1, 0.15) is 0 Å². The lowest BCUT2D eigenvalue weighted by molar-refractivity contribution is 0.180. The SMILES string of the molecule is CCN(CCO)C(=O)NCCc1c(Cl)cccc1Cl. The third-order valence-electron chi connectivity index (χ3n) is 2.75. The third-order valence-corrected chi connectivity index (χ3v) is 3.46. The number of amides is 2. The highest BCUT2D eigenvalue weighted by atomic mass is 35.5. The number of nitrogens with zero attached hydrogens (tertiary/aromatic N) is 1. The molecule has 0 bridgehead atoms. The van der Waals surface area contributed by atoms with Gasteiger partial charge in [-0.2, -0.15) is 0 Å². The van der Waals surface area contributed by atoms with E-state index in [9.17, 15) is 4.79 Å². The average Bonchev–Trinajstić information content (AvgIpc) is 2.39. The molecule has 2 N–H and O–H groups in total. The highest BCUT2D eigenvalue weighted by Gasteiger charge is 2.11. The first-order valence-electron chi connectivity index (χ1n) is 6.16. The van der Waals surface area contributed by atoms with E-state index in [2.05, 4.69) is 5.32 Å². The van der Waals surface area contributed by atoms with E-state index in [0.717, 1.165) is 5.56 Å². The van der Waals surface area contributed by atoms with Crippen LogP contribution < -0.4 is 5.32 Å². The lowest BCUT2D eigenvalue weighted by Crippen LogP contribution is -2.42. The van der Waals surface area contributed by atoms with Gasteiger partial charge in [0.2, 0.25) is 0 Å². The van der Waals surface area contributed by atoms with E-state index in [1.54, 1.807) is 18.2 Å². The van der Waals surface area contributed by atoms with Gasteiger partial charge in [0.25, 0.3) is 0 Å². The largest absolute Gasteiger partial charge is 0.395 e. The van der Waals surface area contributed by atoms with Crippen molar-refractivity contribution in [3.63, 3.8) is 0 Å². The Morgan fingerprint density at radius 1 is 1.37 bits per heavy atom. The van der Waals surface area contributed by atoms with Gasteiger partial charge in [0.05, 0.1) is 6.61 Å². The molecule has 106 valence electrons. The highest BCUT2D eigenvalue weighted by Crippen LogP contribution is 2.24. The molecule has 0 saturated heterocycles. The second kappa shape index (κ2) is 8.25. The number of likely N-dealkylation sites (N-methyl/N-ethyl adjacent to an activating group) is 1. The smallest absolute Gasteiger partial charge is 0.317 e. The lowest BCUT2D eigenvalue weighted by atomic mass is 10.1. The molecule has 0 heterocycles. The minimum atomic E-state index is -0.195. The first-order chi connectivity index (χ1) is 9.10. The molecule has 0 unspecified atom stereocenters. The van der Waals surface area contributed by atoms with Gasteiger partial charge in [-0.05, 0) is 31.0 Å². The zero-order valence-corrected chi connectivity index (χ0v) is 12.3. The fourth-order valence-corrected chi connectivity index (χ4v) is 2.29. The Morgan fingerprint density at radius 2 is 2.00 bits per heavy atom. The summed E-state index contributed by atoms with van der Waals surface area (Å²) in [5.74, 6) is 0. The molecule has 0 aliphatic carbocycles. The topological polar surface area (TPSA) is 52.6 Å². The molecule has 0 atom stereocenters. The Bertz CT molecular complexity index is 407. The van der Waals surface area contributed by atoms with Gasteiger partial charge in [-0.15, -0.1) is 0 Å². The number of aliphatic hydroxyl groups excluding tert-OH is 1. The van der Waals surface area contributed by atoms with Gasteiger partial charge in [-0.3, -0.25) is 0 Å². The van der Waals surface area contributed by atoms with E-state index in [1.165, 1.54) is 4.90 Å². The van der Waals surface area contributed by atoms with E-state index in [0.29, 0.717) is 36.1 Å². The van der Waals surface area contributed by atoms with E-state index in [1.807, 2.05) is 6.92 Å². The number of rotatable bonds is 6. The molecule has 1 rings (SSSR count). The summed E-state index contributed by atoms with van der Waals surface area (Å²) < 4.78 is 0. The molecule has 4 nitrogen and oxygen atoms in total. The molecule has 1 aromatic rings. The maximum Gasteiger partial charge on any atom is 0.317 e. The number of urea groups is 1. The van der Waals surface area contributed by atoms with E-state index < -0.39 is 0 Å². The number of carbonyl (C=O) groups excluding carboxylic acids is 1. The molecule has 0 aliphatic rings. The summed E-state index contributed by atoms with van der Waals surface area (Å²) in [5.41, 5.74) is 0.830. The molecule has 1 aromatic carbocycles. The minimum absolute atomic E-state index is 0.0440. The lowest BCUT2D eigenvalue weighted by Gasteiger charge is -2.20. The molecule has 0 fully saturated rings. The molecule has 2 amide bonds. The zero-order valence-electron chi connectivity index (χ0n) is 10.8. The normalized spacial score (nSPS) is 10.3. The summed E-state index contributed by atoms with van der Waals surface area (Å²) in [7, 11) is 0. The number of nitrogens with one attached hydrogen (secondary N) is 1. The van der Waals surface area contributed by atoms with Gasteiger partial charge >= 0.3 is 6.03 Å². The van der Waals surface area contributed by atoms with Crippen molar-refractivity contribution in [2.75, 3.05) is 26.2 Å². The van der Waals surface area contributed by atoms with Gasteiger partial charge in [-0.25, -0.2) is 4.79 Å². The predicted octanol–water partition coefficient (Wildman–Crippen LogP) is 2.56. The maximum atomic E-state index is 11.8. The van der Waals surface area contributed by atoms with Crippen molar-refractivity contribution in [2.24, 2.45) is 0 Å². The van der Waals surface area contributed by atoms with Crippen LogP contribution in [0.15, 0.2) is 18.2 Å². The van der Waals surface area contributed by atoms with Crippen LogP contribution in [-0.4, -0.2) is 42.3 Å². The summed E-state index contributed by atoms with van der Waals surface area (Å²) in [5, 5.41) is 12.8. The van der Waals surface area contributed by atoms with E-state index in [-0.39, 0.29) is 12.6 Å². The van der Waals surface area contributed by atoms with E-state index >= 15 is 0 Å². The number of hydrogen-bond donors (Lipinski definition) is 2. The molecule has 0 spiro atoms. The summed E-state index contributed by atoms with van der Waals surface area (Å²) in [6.07, 6.45) is 0.570. The molecule has 0 radical (unpaired) electrons. The van der Waals surface area contributed by atoms with Crippen LogP contribution in [0.1, 0.15) is 12.5 Å². The Labute approximate surface area is 123 Å². The number of halogens is 2. The van der Waals surface area contributed by atoms with Crippen molar-refractivity contribution in [3.05, 3.63) is 33.8 Å². The minimum Gasteiger partial charge on any atom is -0.395 e. The Hall–Kier alpha value is -0.970. The molecule has 0 aliphatic heterocycles. The van der Waals surface area contributed by atoms with Crippen LogP contribution in [0.2, 0.25) is 10.0 Å². The van der Waals surface area contributed by atoms with Crippen LogP contribution >= 0.6 is 23.2 Å². The number of benzene rings is 1. The van der Waals surface area contributed by atoms with Crippen LogP contribution in [0.25, 0.3) is 0 Å². The van der Waals surface area contributed by atoms with Crippen LogP contribution in [-0.2, 0) is 6.42 Å². The highest BCUT2D eigenvalue weighted by molar-refractivity contribution is 6.35. The predicted molar refractivity (Wildman–Crippen MR) is 77.9 cm³/mol. The fraction of sp³-hybridized carbons (Fsp3) is 0.462. The van der Waals surface area contributed by atoms with Crippen molar-refractivity contribution >= 4 is 29.2 Å². The first-order valence-corrected chi connectivity index (χ1v) is 6.92. The number of hydrogen-bond acceptors (Lipinski definition) is 2. The summed E-state index contributed by atoms with van der Waals surface area (Å²) in [6.45, 7) is 3.15. The maximum absolute atomic E-state index is 11.8. The quantitative estimate of drug-likeness (QED) is 0.848. The van der Waals surface area contributed by atoms with Crippen LogP contribution in [0.5, 0.6) is 0 Å². The van der Waals surface area contributed by atoms with Crippen LogP contribution in [0, 0.1) is 0 Å². The van der Waals surface area contributed by atoms with Crippen molar-refractivity contribution in [1.29, 1.82) is 0 Å². The molecular weight excluding hydrogens is 287 g/mol. The Balaban J connectivity index is 2.48. The van der Waals surface area contributed by atoms with Gasteiger partial charge < -0.3 is 15.3 Å². The van der Waals surface area contributed by atoms with Crippen molar-refractivity contribution in [1.82, 2.24) is 10.2 Å². The van der Waals surface area contributed by atoms with Crippen molar-refractivity contribution in [2.45, 2.75) is 13.3 Å². The first kappa shape index (κ1) is 16.1. The second-order valence-corrected chi connectivity index (χ2v) is 4.80. The molecule has 0 aromatic heterocycles. The Morgan fingerprint density at radius 3 is 2.53 bits per heavy atom. The van der Waals surface area contributed by atoms with Crippen LogP contribution in [0.4, 0.5) is 4.79 Å². The Kier molecular flexibility index (Phi) is 6.99. The second-order valence-electron chi connectivity index (χ2n) is 3.99. The van der Waals surface area contributed by atoms with Gasteiger partial charge in [0.15, 0.2) is 0 Å². The van der Waals surface area contributed by atoms with Crippen molar-refractivity contribution < 1.29 is 9.90 Å². The standard InChI is InChI=1S/C13H18Cl2N2O2/c1-2-17(8-9-18)13(19)16-7-6-10-11(14)4-3-5-12(10)15/h3-5,18H,2,6-9H2,1H3,(H,16,19). The third kappa shape index (κ3) is 4.90. The monoisotopic (exact) mass is 304 g/mol. The number of aliphatic hydroxyl groups is 1. The fourth-order valence-electron chi connectivity index (χ4n) is 1.70. The van der Waals surface area contributed by atoms with Crippen molar-refractivity contribution in [3.8, 4) is 0 Å². The molecule has 19 heavy (non-hydrogen) atoms. The zero-order chi connectivity index (χ0) is 14.3. The summed E-state index contributed by atoms with van der Waals surface area (Å²) in [4.78, 5) is 13.3. The summed E-state index contributed by atoms with van der Waals surface area (Å²) in [6, 6.07) is 5.13. The van der Waals surface area contributed by atoms with E-state index in [4.69, 9.17) is 28.3 Å². The molecule has 6 heteroatoms. The van der Waals surface area contributed by atoms with Gasteiger partial charge in [0, 0.05) is 29.7 Å². The number of carbonyl (C=O) groups is 1. The van der Waals surface area contributed by atoms with Crippen LogP contribution in [0.3, 0.4) is 0 Å².